The van der Waals surface area contributed by atoms with E-state index in [9.17, 15) is 4.79 Å². The molecule has 0 unspecified atom stereocenters. The summed E-state index contributed by atoms with van der Waals surface area (Å²) in [4.78, 5) is 15.8. The average molecular weight is 362 g/mol. The van der Waals surface area contributed by atoms with Gasteiger partial charge >= 0.3 is 0 Å². The summed E-state index contributed by atoms with van der Waals surface area (Å²) < 4.78 is 1.94. The smallest absolute Gasteiger partial charge is 0.191 e. The van der Waals surface area contributed by atoms with Gasteiger partial charge in [0.25, 0.3) is 0 Å². The van der Waals surface area contributed by atoms with E-state index in [0.29, 0.717) is 5.75 Å². The summed E-state index contributed by atoms with van der Waals surface area (Å²) in [7, 11) is 1.93. The molecular weight excluding hydrogens is 344 g/mol. The number of para-hydroxylation sites is 1. The first-order chi connectivity index (χ1) is 12.6. The minimum absolute atomic E-state index is 0.0768. The molecule has 130 valence electrons. The summed E-state index contributed by atoms with van der Waals surface area (Å²) in [6.45, 7) is 2.05. The fourth-order valence-electron chi connectivity index (χ4n) is 3.01. The van der Waals surface area contributed by atoms with E-state index in [2.05, 4.69) is 28.2 Å². The Balaban J connectivity index is 1.54. The average Bonchev–Trinajstić information content (AvgIpc) is 3.24. The third-order valence-corrected chi connectivity index (χ3v) is 5.46. The van der Waals surface area contributed by atoms with Crippen molar-refractivity contribution in [3.63, 3.8) is 0 Å². The van der Waals surface area contributed by atoms with Gasteiger partial charge in [-0.1, -0.05) is 54.2 Å². The van der Waals surface area contributed by atoms with Crippen molar-refractivity contribution in [1.82, 2.24) is 19.7 Å². The summed E-state index contributed by atoms with van der Waals surface area (Å²) in [5, 5.41) is 10.3. The molecule has 26 heavy (non-hydrogen) atoms. The summed E-state index contributed by atoms with van der Waals surface area (Å²) in [5.74, 6) is 1.21. The molecule has 0 aliphatic rings. The normalized spacial score (nSPS) is 11.2. The molecule has 1 N–H and O–H groups in total. The van der Waals surface area contributed by atoms with Gasteiger partial charge in [-0.05, 0) is 18.6 Å². The predicted octanol–water partition coefficient (Wildman–Crippen LogP) is 4.25. The Morgan fingerprint density at radius 1 is 1.12 bits per heavy atom. The lowest BCUT2D eigenvalue weighted by atomic mass is 10.1. The number of hydrogen-bond donors (Lipinski definition) is 1. The maximum Gasteiger partial charge on any atom is 0.191 e. The van der Waals surface area contributed by atoms with Crippen LogP contribution in [0.5, 0.6) is 0 Å². The lowest BCUT2D eigenvalue weighted by Gasteiger charge is -2.06. The van der Waals surface area contributed by atoms with Crippen LogP contribution in [0.2, 0.25) is 0 Å². The number of carbonyl (C=O) groups is 1. The van der Waals surface area contributed by atoms with Crippen LogP contribution in [0.15, 0.2) is 59.9 Å². The fourth-order valence-corrected chi connectivity index (χ4v) is 3.80. The number of aromatic nitrogens is 4. The van der Waals surface area contributed by atoms with Crippen LogP contribution in [0.25, 0.3) is 22.3 Å². The van der Waals surface area contributed by atoms with Gasteiger partial charge in [0.15, 0.2) is 16.8 Å². The summed E-state index contributed by atoms with van der Waals surface area (Å²) in [6.07, 6.45) is 1.78. The highest BCUT2D eigenvalue weighted by molar-refractivity contribution is 7.99. The molecule has 2 heterocycles. The zero-order chi connectivity index (χ0) is 18.1. The highest BCUT2D eigenvalue weighted by atomic mass is 32.2. The second-order valence-electron chi connectivity index (χ2n) is 6.14. The number of fused-ring (bicyclic) bond motifs is 1. The lowest BCUT2D eigenvalue weighted by molar-refractivity contribution is 0.102. The van der Waals surface area contributed by atoms with E-state index in [1.165, 1.54) is 11.8 Å². The molecular formula is C20H18N4OS. The van der Waals surface area contributed by atoms with Crippen LogP contribution < -0.4 is 0 Å². The van der Waals surface area contributed by atoms with Gasteiger partial charge in [-0.3, -0.25) is 4.79 Å². The van der Waals surface area contributed by atoms with E-state index < -0.39 is 0 Å². The zero-order valence-corrected chi connectivity index (χ0v) is 15.4. The minimum Gasteiger partial charge on any atom is -0.360 e. The van der Waals surface area contributed by atoms with Gasteiger partial charge in [0.1, 0.15) is 0 Å². The van der Waals surface area contributed by atoms with E-state index in [-0.39, 0.29) is 5.78 Å². The van der Waals surface area contributed by atoms with Gasteiger partial charge in [0.2, 0.25) is 0 Å². The fraction of sp³-hybridized carbons (Fsp3) is 0.150. The molecule has 0 saturated heterocycles. The van der Waals surface area contributed by atoms with Crippen molar-refractivity contribution in [2.75, 3.05) is 5.75 Å². The first-order valence-corrected chi connectivity index (χ1v) is 9.31. The highest BCUT2D eigenvalue weighted by Crippen LogP contribution is 2.26. The lowest BCUT2D eigenvalue weighted by Crippen LogP contribution is -2.03. The quantitative estimate of drug-likeness (QED) is 0.426. The molecule has 5 nitrogen and oxygen atoms in total. The Labute approximate surface area is 155 Å². The van der Waals surface area contributed by atoms with Crippen LogP contribution in [0, 0.1) is 6.92 Å². The third-order valence-electron chi connectivity index (χ3n) is 4.44. The standard InChI is InChI=1S/C20H18N4OS/c1-13-7-3-4-8-14(13)19-22-23-20(24(19)2)26-12-18(25)16-11-21-17-10-6-5-9-15(16)17/h3-11,21H,12H2,1-2H3. The molecule has 0 fully saturated rings. The number of hydrogen-bond acceptors (Lipinski definition) is 4. The van der Waals surface area contributed by atoms with Gasteiger partial charge in [0.05, 0.1) is 5.75 Å². The molecule has 6 heteroatoms. The molecule has 0 radical (unpaired) electrons. The highest BCUT2D eigenvalue weighted by Gasteiger charge is 2.16. The van der Waals surface area contributed by atoms with Crippen molar-refractivity contribution in [2.45, 2.75) is 12.1 Å². The molecule has 4 rings (SSSR count). The van der Waals surface area contributed by atoms with Gasteiger partial charge in [-0.15, -0.1) is 10.2 Å². The van der Waals surface area contributed by atoms with E-state index in [0.717, 1.165) is 38.6 Å². The number of ketones is 1. The Hall–Kier alpha value is -2.86. The minimum atomic E-state index is 0.0768. The van der Waals surface area contributed by atoms with Crippen LogP contribution in [0.4, 0.5) is 0 Å². The first kappa shape index (κ1) is 16.6. The van der Waals surface area contributed by atoms with Crippen LogP contribution in [-0.2, 0) is 7.05 Å². The molecule has 0 aliphatic carbocycles. The van der Waals surface area contributed by atoms with Crippen molar-refractivity contribution in [1.29, 1.82) is 0 Å². The van der Waals surface area contributed by atoms with E-state index in [1.54, 1.807) is 6.20 Å². The SMILES string of the molecule is Cc1ccccc1-c1nnc(SCC(=O)c2c[nH]c3ccccc23)n1C. The predicted molar refractivity (Wildman–Crippen MR) is 105 cm³/mol. The Kier molecular flexibility index (Phi) is 4.34. The number of H-pyrrole nitrogens is 1. The maximum atomic E-state index is 12.6. The molecule has 0 atom stereocenters. The third kappa shape index (κ3) is 2.93. The molecule has 0 aliphatic heterocycles. The number of aryl methyl sites for hydroxylation is 1. The summed E-state index contributed by atoms with van der Waals surface area (Å²) in [5.41, 5.74) is 3.89. The summed E-state index contributed by atoms with van der Waals surface area (Å²) in [6, 6.07) is 15.9. The van der Waals surface area contributed by atoms with Gasteiger partial charge < -0.3 is 9.55 Å². The zero-order valence-electron chi connectivity index (χ0n) is 14.6. The molecule has 2 aromatic carbocycles. The number of carbonyl (C=O) groups excluding carboxylic acids is 1. The number of rotatable bonds is 5. The van der Waals surface area contributed by atoms with Crippen LogP contribution in [0.1, 0.15) is 15.9 Å². The second kappa shape index (κ2) is 6.80. The van der Waals surface area contributed by atoms with E-state index in [4.69, 9.17) is 0 Å². The molecule has 0 spiro atoms. The Morgan fingerprint density at radius 2 is 1.88 bits per heavy atom. The van der Waals surface area contributed by atoms with Crippen molar-refractivity contribution < 1.29 is 4.79 Å². The van der Waals surface area contributed by atoms with Gasteiger partial charge in [-0.2, -0.15) is 0 Å². The Morgan fingerprint density at radius 3 is 2.73 bits per heavy atom. The second-order valence-corrected chi connectivity index (χ2v) is 7.08. The summed E-state index contributed by atoms with van der Waals surface area (Å²) >= 11 is 1.41. The number of benzene rings is 2. The van der Waals surface area contributed by atoms with Gasteiger partial charge in [0, 0.05) is 35.3 Å². The topological polar surface area (TPSA) is 63.6 Å². The van der Waals surface area contributed by atoms with Crippen LogP contribution in [-0.4, -0.2) is 31.3 Å². The van der Waals surface area contributed by atoms with Gasteiger partial charge in [-0.25, -0.2) is 0 Å². The van der Waals surface area contributed by atoms with E-state index in [1.807, 2.05) is 54.1 Å². The van der Waals surface area contributed by atoms with Crippen molar-refractivity contribution >= 4 is 28.4 Å². The van der Waals surface area contributed by atoms with Crippen LogP contribution in [0.3, 0.4) is 0 Å². The van der Waals surface area contributed by atoms with Crippen molar-refractivity contribution in [3.8, 4) is 11.4 Å². The molecule has 2 aromatic heterocycles. The maximum absolute atomic E-state index is 12.6. The molecule has 0 bridgehead atoms. The number of aromatic amines is 1. The Bertz CT molecular complexity index is 1100. The number of nitrogens with one attached hydrogen (secondary N) is 1. The number of thioether (sulfide) groups is 1. The number of nitrogens with zero attached hydrogens (tertiary/aromatic N) is 3. The molecule has 4 aromatic rings. The monoisotopic (exact) mass is 362 g/mol. The van der Waals surface area contributed by atoms with Crippen molar-refractivity contribution in [2.24, 2.45) is 7.05 Å². The van der Waals surface area contributed by atoms with Crippen molar-refractivity contribution in [3.05, 3.63) is 65.9 Å². The first-order valence-electron chi connectivity index (χ1n) is 8.32. The number of Topliss-reactive ketones (excluding diaryl/α,β-unsaturated/α-hetero) is 1. The van der Waals surface area contributed by atoms with Crippen LogP contribution >= 0.6 is 11.8 Å². The molecule has 0 saturated carbocycles. The van der Waals surface area contributed by atoms with E-state index >= 15 is 0 Å². The molecule has 0 amide bonds. The largest absolute Gasteiger partial charge is 0.360 e.